The normalized spacial score (nSPS) is 24.3. The molecular formula is C13H19FN2O2S. The Bertz CT molecular complexity index is 516. The lowest BCUT2D eigenvalue weighted by Crippen LogP contribution is -2.44. The van der Waals surface area contributed by atoms with E-state index < -0.39 is 15.8 Å². The van der Waals surface area contributed by atoms with E-state index in [0.29, 0.717) is 6.54 Å². The predicted molar refractivity (Wildman–Crippen MR) is 71.5 cm³/mol. The van der Waals surface area contributed by atoms with E-state index in [1.165, 1.54) is 12.1 Å². The van der Waals surface area contributed by atoms with Gasteiger partial charge in [0.25, 0.3) is 0 Å². The molecule has 6 heteroatoms. The van der Waals surface area contributed by atoms with Gasteiger partial charge in [0.1, 0.15) is 5.82 Å². The summed E-state index contributed by atoms with van der Waals surface area (Å²) in [4.78, 5) is 0.0928. The zero-order valence-electron chi connectivity index (χ0n) is 10.7. The highest BCUT2D eigenvalue weighted by Gasteiger charge is 2.28. The van der Waals surface area contributed by atoms with Crippen LogP contribution in [0, 0.1) is 11.7 Å². The van der Waals surface area contributed by atoms with Crippen molar-refractivity contribution < 1.29 is 12.8 Å². The van der Waals surface area contributed by atoms with Crippen molar-refractivity contribution in [3.8, 4) is 0 Å². The molecule has 0 aliphatic heterocycles. The van der Waals surface area contributed by atoms with Gasteiger partial charge in [-0.2, -0.15) is 0 Å². The third kappa shape index (κ3) is 3.52. The second-order valence-electron chi connectivity index (χ2n) is 4.96. The van der Waals surface area contributed by atoms with Crippen molar-refractivity contribution >= 4 is 10.0 Å². The van der Waals surface area contributed by atoms with Crippen LogP contribution in [-0.4, -0.2) is 21.0 Å². The van der Waals surface area contributed by atoms with Gasteiger partial charge in [-0.1, -0.05) is 12.8 Å². The minimum absolute atomic E-state index is 0.0928. The Morgan fingerprint density at radius 2 is 1.84 bits per heavy atom. The Labute approximate surface area is 113 Å². The Morgan fingerprint density at radius 1 is 1.21 bits per heavy atom. The van der Waals surface area contributed by atoms with Crippen LogP contribution in [0.3, 0.4) is 0 Å². The van der Waals surface area contributed by atoms with Crippen molar-refractivity contribution in [2.75, 3.05) is 6.54 Å². The van der Waals surface area contributed by atoms with Crippen molar-refractivity contribution in [1.82, 2.24) is 4.72 Å². The molecule has 1 aliphatic rings. The molecular weight excluding hydrogens is 267 g/mol. The topological polar surface area (TPSA) is 72.2 Å². The molecule has 1 aromatic rings. The number of sulfonamides is 1. The average Bonchev–Trinajstić information content (AvgIpc) is 2.39. The minimum Gasteiger partial charge on any atom is -0.330 e. The first-order valence-corrected chi connectivity index (χ1v) is 7.99. The predicted octanol–water partition coefficient (Wildman–Crippen LogP) is 1.62. The summed E-state index contributed by atoms with van der Waals surface area (Å²) in [6, 6.07) is 4.73. The monoisotopic (exact) mass is 286 g/mol. The molecule has 1 aliphatic carbocycles. The summed E-state index contributed by atoms with van der Waals surface area (Å²) in [7, 11) is -3.59. The molecule has 2 rings (SSSR count). The number of benzene rings is 1. The summed E-state index contributed by atoms with van der Waals surface area (Å²) in [5, 5.41) is 0. The van der Waals surface area contributed by atoms with Crippen LogP contribution in [-0.2, 0) is 10.0 Å². The van der Waals surface area contributed by atoms with Crippen molar-refractivity contribution in [3.05, 3.63) is 30.1 Å². The lowest BCUT2D eigenvalue weighted by Gasteiger charge is -2.31. The number of nitrogens with one attached hydrogen (secondary N) is 1. The van der Waals surface area contributed by atoms with Crippen LogP contribution in [0.2, 0.25) is 0 Å². The maximum absolute atomic E-state index is 12.8. The smallest absolute Gasteiger partial charge is 0.240 e. The Kier molecular flexibility index (Phi) is 4.54. The number of rotatable bonds is 4. The van der Waals surface area contributed by atoms with Crippen molar-refractivity contribution in [1.29, 1.82) is 0 Å². The van der Waals surface area contributed by atoms with Crippen LogP contribution in [0.15, 0.2) is 29.2 Å². The van der Waals surface area contributed by atoms with Crippen LogP contribution < -0.4 is 10.5 Å². The van der Waals surface area contributed by atoms with Crippen LogP contribution in [0.1, 0.15) is 25.7 Å². The van der Waals surface area contributed by atoms with E-state index in [1.54, 1.807) is 0 Å². The Morgan fingerprint density at radius 3 is 2.47 bits per heavy atom. The van der Waals surface area contributed by atoms with Gasteiger partial charge >= 0.3 is 0 Å². The van der Waals surface area contributed by atoms with Gasteiger partial charge < -0.3 is 5.73 Å². The third-order valence-electron chi connectivity index (χ3n) is 3.64. The molecule has 0 amide bonds. The molecule has 1 fully saturated rings. The highest BCUT2D eigenvalue weighted by atomic mass is 32.2. The number of hydrogen-bond donors (Lipinski definition) is 2. The lowest BCUT2D eigenvalue weighted by atomic mass is 9.85. The molecule has 0 bridgehead atoms. The zero-order valence-corrected chi connectivity index (χ0v) is 11.5. The summed E-state index contributed by atoms with van der Waals surface area (Å²) in [5.41, 5.74) is 5.69. The molecule has 1 aromatic carbocycles. The Hall–Kier alpha value is -0.980. The standard InChI is InChI=1S/C13H19FN2O2S/c14-11-5-7-12(8-6-11)19(17,18)16-13-4-2-1-3-10(13)9-15/h5-8,10,13,16H,1-4,9,15H2. The molecule has 2 atom stereocenters. The fraction of sp³-hybridized carbons (Fsp3) is 0.538. The van der Waals surface area contributed by atoms with Gasteiger partial charge in [0.15, 0.2) is 0 Å². The fourth-order valence-electron chi connectivity index (χ4n) is 2.53. The molecule has 4 nitrogen and oxygen atoms in total. The second kappa shape index (κ2) is 5.98. The molecule has 0 saturated heterocycles. The summed E-state index contributed by atoms with van der Waals surface area (Å²) in [5.74, 6) is -0.263. The van der Waals surface area contributed by atoms with E-state index in [4.69, 9.17) is 5.73 Å². The average molecular weight is 286 g/mol. The first kappa shape index (κ1) is 14.4. The van der Waals surface area contributed by atoms with E-state index >= 15 is 0 Å². The van der Waals surface area contributed by atoms with E-state index in [9.17, 15) is 12.8 Å². The molecule has 1 saturated carbocycles. The number of hydrogen-bond acceptors (Lipinski definition) is 3. The molecule has 0 radical (unpaired) electrons. The number of nitrogens with two attached hydrogens (primary N) is 1. The minimum atomic E-state index is -3.59. The van der Waals surface area contributed by atoms with Crippen LogP contribution in [0.25, 0.3) is 0 Å². The van der Waals surface area contributed by atoms with Crippen molar-refractivity contribution in [2.24, 2.45) is 11.7 Å². The summed E-state index contributed by atoms with van der Waals surface area (Å²) < 4.78 is 39.9. The lowest BCUT2D eigenvalue weighted by molar-refractivity contribution is 0.296. The van der Waals surface area contributed by atoms with E-state index in [2.05, 4.69) is 4.72 Å². The SMILES string of the molecule is NCC1CCCCC1NS(=O)(=O)c1ccc(F)cc1. The highest BCUT2D eigenvalue weighted by Crippen LogP contribution is 2.25. The maximum Gasteiger partial charge on any atom is 0.240 e. The number of halogens is 1. The molecule has 106 valence electrons. The van der Waals surface area contributed by atoms with E-state index in [-0.39, 0.29) is 16.9 Å². The van der Waals surface area contributed by atoms with Gasteiger partial charge in [0.2, 0.25) is 10.0 Å². The largest absolute Gasteiger partial charge is 0.330 e. The summed E-state index contributed by atoms with van der Waals surface area (Å²) in [6.45, 7) is 0.483. The van der Waals surface area contributed by atoms with Gasteiger partial charge in [-0.3, -0.25) is 0 Å². The third-order valence-corrected chi connectivity index (χ3v) is 5.15. The van der Waals surface area contributed by atoms with Gasteiger partial charge in [-0.15, -0.1) is 0 Å². The van der Waals surface area contributed by atoms with E-state index in [1.807, 2.05) is 0 Å². The summed E-state index contributed by atoms with van der Waals surface area (Å²) in [6.07, 6.45) is 3.86. The molecule has 19 heavy (non-hydrogen) atoms. The van der Waals surface area contributed by atoms with Gasteiger partial charge in [0, 0.05) is 6.04 Å². The van der Waals surface area contributed by atoms with E-state index in [0.717, 1.165) is 37.8 Å². The van der Waals surface area contributed by atoms with Crippen LogP contribution in [0.4, 0.5) is 4.39 Å². The van der Waals surface area contributed by atoms with Crippen molar-refractivity contribution in [3.63, 3.8) is 0 Å². The second-order valence-corrected chi connectivity index (χ2v) is 6.68. The van der Waals surface area contributed by atoms with Gasteiger partial charge in [-0.25, -0.2) is 17.5 Å². The molecule has 0 spiro atoms. The van der Waals surface area contributed by atoms with Crippen molar-refractivity contribution in [2.45, 2.75) is 36.6 Å². The van der Waals surface area contributed by atoms with Gasteiger partial charge in [-0.05, 0) is 49.6 Å². The maximum atomic E-state index is 12.8. The molecule has 2 unspecified atom stereocenters. The summed E-state index contributed by atoms with van der Waals surface area (Å²) >= 11 is 0. The molecule has 3 N–H and O–H groups in total. The molecule has 0 aromatic heterocycles. The first-order chi connectivity index (χ1) is 9.03. The zero-order chi connectivity index (χ0) is 13.9. The molecule has 0 heterocycles. The fourth-order valence-corrected chi connectivity index (χ4v) is 3.87. The quantitative estimate of drug-likeness (QED) is 0.883. The van der Waals surface area contributed by atoms with Crippen LogP contribution >= 0.6 is 0 Å². The first-order valence-electron chi connectivity index (χ1n) is 6.51. The Balaban J connectivity index is 2.14. The highest BCUT2D eigenvalue weighted by molar-refractivity contribution is 7.89. The van der Waals surface area contributed by atoms with Crippen LogP contribution in [0.5, 0.6) is 0 Å². The van der Waals surface area contributed by atoms with Gasteiger partial charge in [0.05, 0.1) is 4.90 Å².